The minimum atomic E-state index is -0.549. The van der Waals surface area contributed by atoms with Crippen molar-refractivity contribution in [2.24, 2.45) is 5.73 Å². The SMILES string of the molecule is CC(C)(C)OC(=O)N(CCCN)CCN(C=O)Cc1ccccc1. The molecule has 0 radical (unpaired) electrons. The molecule has 0 spiro atoms. The van der Waals surface area contributed by atoms with Crippen LogP contribution in [0.5, 0.6) is 0 Å². The number of hydrogen-bond acceptors (Lipinski definition) is 4. The highest BCUT2D eigenvalue weighted by molar-refractivity contribution is 5.68. The normalized spacial score (nSPS) is 11.0. The van der Waals surface area contributed by atoms with E-state index in [0.717, 1.165) is 12.0 Å². The van der Waals surface area contributed by atoms with E-state index in [4.69, 9.17) is 10.5 Å². The van der Waals surface area contributed by atoms with E-state index >= 15 is 0 Å². The molecule has 0 bridgehead atoms. The van der Waals surface area contributed by atoms with Crippen LogP contribution in [-0.2, 0) is 16.1 Å². The van der Waals surface area contributed by atoms with E-state index in [2.05, 4.69) is 0 Å². The Labute approximate surface area is 144 Å². The number of carbonyl (C=O) groups is 2. The van der Waals surface area contributed by atoms with Gasteiger partial charge in [0, 0.05) is 26.2 Å². The third-order valence-electron chi connectivity index (χ3n) is 3.32. The Morgan fingerprint density at radius 1 is 1.17 bits per heavy atom. The monoisotopic (exact) mass is 335 g/mol. The fraction of sp³-hybridized carbons (Fsp3) is 0.556. The molecule has 0 fully saturated rings. The molecule has 2 N–H and O–H groups in total. The summed E-state index contributed by atoms with van der Waals surface area (Å²) in [5.74, 6) is 0. The van der Waals surface area contributed by atoms with Crippen molar-refractivity contribution in [1.82, 2.24) is 9.80 Å². The second kappa shape index (κ2) is 9.93. The van der Waals surface area contributed by atoms with Gasteiger partial charge in [-0.3, -0.25) is 4.79 Å². The average molecular weight is 335 g/mol. The number of ether oxygens (including phenoxy) is 1. The van der Waals surface area contributed by atoms with Gasteiger partial charge in [0.25, 0.3) is 0 Å². The first-order valence-electron chi connectivity index (χ1n) is 8.27. The Morgan fingerprint density at radius 3 is 2.38 bits per heavy atom. The maximum absolute atomic E-state index is 12.3. The van der Waals surface area contributed by atoms with Crippen LogP contribution in [0.25, 0.3) is 0 Å². The summed E-state index contributed by atoms with van der Waals surface area (Å²) in [7, 11) is 0. The first kappa shape index (κ1) is 20.0. The molecule has 0 aromatic heterocycles. The van der Waals surface area contributed by atoms with E-state index in [1.54, 1.807) is 9.80 Å². The number of amides is 2. The zero-order valence-corrected chi connectivity index (χ0v) is 14.9. The van der Waals surface area contributed by atoms with Gasteiger partial charge in [0.2, 0.25) is 6.41 Å². The molecule has 2 amide bonds. The van der Waals surface area contributed by atoms with Crippen molar-refractivity contribution < 1.29 is 14.3 Å². The van der Waals surface area contributed by atoms with E-state index in [0.29, 0.717) is 39.1 Å². The Hall–Kier alpha value is -2.08. The lowest BCUT2D eigenvalue weighted by Crippen LogP contribution is -2.42. The summed E-state index contributed by atoms with van der Waals surface area (Å²) in [6.45, 7) is 7.90. The van der Waals surface area contributed by atoms with E-state index in [1.165, 1.54) is 0 Å². The third kappa shape index (κ3) is 7.97. The fourth-order valence-electron chi connectivity index (χ4n) is 2.14. The molecule has 0 aliphatic carbocycles. The average Bonchev–Trinajstić information content (AvgIpc) is 2.52. The van der Waals surface area contributed by atoms with Gasteiger partial charge in [-0.2, -0.15) is 0 Å². The van der Waals surface area contributed by atoms with Gasteiger partial charge in [0.15, 0.2) is 0 Å². The first-order valence-corrected chi connectivity index (χ1v) is 8.27. The maximum Gasteiger partial charge on any atom is 0.410 e. The standard InChI is InChI=1S/C18H29N3O3/c1-18(2,3)24-17(23)21(11-7-10-19)13-12-20(15-22)14-16-8-5-4-6-9-16/h4-6,8-9,15H,7,10-14,19H2,1-3H3. The van der Waals surface area contributed by atoms with Gasteiger partial charge in [-0.1, -0.05) is 30.3 Å². The third-order valence-corrected chi connectivity index (χ3v) is 3.32. The van der Waals surface area contributed by atoms with Crippen molar-refractivity contribution in [1.29, 1.82) is 0 Å². The van der Waals surface area contributed by atoms with Crippen LogP contribution >= 0.6 is 0 Å². The van der Waals surface area contributed by atoms with Gasteiger partial charge < -0.3 is 20.3 Å². The van der Waals surface area contributed by atoms with Gasteiger partial charge in [-0.15, -0.1) is 0 Å². The van der Waals surface area contributed by atoms with Crippen LogP contribution in [-0.4, -0.2) is 54.1 Å². The van der Waals surface area contributed by atoms with E-state index in [-0.39, 0.29) is 6.09 Å². The molecule has 1 rings (SSSR count). The van der Waals surface area contributed by atoms with Crippen LogP contribution < -0.4 is 5.73 Å². The zero-order valence-electron chi connectivity index (χ0n) is 14.9. The van der Waals surface area contributed by atoms with Crippen LogP contribution in [0, 0.1) is 0 Å². The van der Waals surface area contributed by atoms with E-state index in [9.17, 15) is 9.59 Å². The number of nitrogens with two attached hydrogens (primary N) is 1. The Kier molecular flexibility index (Phi) is 8.26. The lowest BCUT2D eigenvalue weighted by atomic mass is 10.2. The molecule has 134 valence electrons. The molecular formula is C18H29N3O3. The van der Waals surface area contributed by atoms with Crippen molar-refractivity contribution in [3.8, 4) is 0 Å². The molecule has 0 aliphatic heterocycles. The minimum Gasteiger partial charge on any atom is -0.444 e. The maximum atomic E-state index is 12.3. The number of benzene rings is 1. The highest BCUT2D eigenvalue weighted by Crippen LogP contribution is 2.10. The number of hydrogen-bond donors (Lipinski definition) is 1. The van der Waals surface area contributed by atoms with E-state index < -0.39 is 5.60 Å². The second-order valence-electron chi connectivity index (χ2n) is 6.67. The largest absolute Gasteiger partial charge is 0.444 e. The lowest BCUT2D eigenvalue weighted by Gasteiger charge is -2.29. The topological polar surface area (TPSA) is 75.9 Å². The van der Waals surface area contributed by atoms with Gasteiger partial charge in [0.1, 0.15) is 5.60 Å². The van der Waals surface area contributed by atoms with Crippen molar-refractivity contribution in [2.45, 2.75) is 39.3 Å². The summed E-state index contributed by atoms with van der Waals surface area (Å²) in [6, 6.07) is 9.75. The summed E-state index contributed by atoms with van der Waals surface area (Å²) in [6.07, 6.45) is 1.13. The number of carbonyl (C=O) groups excluding carboxylic acids is 2. The predicted octanol–water partition coefficient (Wildman–Crippen LogP) is 2.23. The fourth-order valence-corrected chi connectivity index (χ4v) is 2.14. The van der Waals surface area contributed by atoms with Crippen LogP contribution in [0.3, 0.4) is 0 Å². The highest BCUT2D eigenvalue weighted by atomic mass is 16.6. The molecule has 1 aromatic carbocycles. The van der Waals surface area contributed by atoms with Crippen molar-refractivity contribution in [2.75, 3.05) is 26.2 Å². The zero-order chi connectivity index (χ0) is 18.0. The lowest BCUT2D eigenvalue weighted by molar-refractivity contribution is -0.118. The predicted molar refractivity (Wildman–Crippen MR) is 94.4 cm³/mol. The summed E-state index contributed by atoms with van der Waals surface area (Å²) in [5.41, 5.74) is 6.05. The molecule has 0 saturated carbocycles. The van der Waals surface area contributed by atoms with Gasteiger partial charge in [0.05, 0.1) is 0 Å². The minimum absolute atomic E-state index is 0.374. The molecule has 0 saturated heterocycles. The summed E-state index contributed by atoms with van der Waals surface area (Å²) in [4.78, 5) is 26.8. The molecule has 0 unspecified atom stereocenters. The first-order chi connectivity index (χ1) is 11.4. The van der Waals surface area contributed by atoms with Gasteiger partial charge >= 0.3 is 6.09 Å². The summed E-state index contributed by atoms with van der Waals surface area (Å²) >= 11 is 0. The molecule has 24 heavy (non-hydrogen) atoms. The molecule has 1 aromatic rings. The second-order valence-corrected chi connectivity index (χ2v) is 6.67. The Morgan fingerprint density at radius 2 is 1.83 bits per heavy atom. The summed E-state index contributed by atoms with van der Waals surface area (Å²) in [5, 5.41) is 0. The van der Waals surface area contributed by atoms with Gasteiger partial charge in [-0.25, -0.2) is 4.79 Å². The summed E-state index contributed by atoms with van der Waals surface area (Å²) < 4.78 is 5.42. The van der Waals surface area contributed by atoms with E-state index in [1.807, 2.05) is 51.1 Å². The molecule has 0 atom stereocenters. The van der Waals surface area contributed by atoms with Crippen LogP contribution in [0.15, 0.2) is 30.3 Å². The highest BCUT2D eigenvalue weighted by Gasteiger charge is 2.22. The van der Waals surface area contributed by atoms with Crippen molar-refractivity contribution in [3.63, 3.8) is 0 Å². The Bertz CT molecular complexity index is 500. The quantitative estimate of drug-likeness (QED) is 0.702. The molecule has 0 heterocycles. The molecular weight excluding hydrogens is 306 g/mol. The smallest absolute Gasteiger partial charge is 0.410 e. The number of nitrogens with zero attached hydrogens (tertiary/aromatic N) is 2. The molecule has 6 heteroatoms. The van der Waals surface area contributed by atoms with Gasteiger partial charge in [-0.05, 0) is 39.3 Å². The van der Waals surface area contributed by atoms with Crippen LogP contribution in [0.2, 0.25) is 0 Å². The molecule has 6 nitrogen and oxygen atoms in total. The van der Waals surface area contributed by atoms with Crippen molar-refractivity contribution >= 4 is 12.5 Å². The van der Waals surface area contributed by atoms with Crippen LogP contribution in [0.4, 0.5) is 4.79 Å². The Balaban J connectivity index is 2.60. The van der Waals surface area contributed by atoms with Crippen molar-refractivity contribution in [3.05, 3.63) is 35.9 Å². The number of rotatable bonds is 9. The van der Waals surface area contributed by atoms with Crippen LogP contribution in [0.1, 0.15) is 32.8 Å². The molecule has 0 aliphatic rings.